The maximum atomic E-state index is 12.5. The van der Waals surface area contributed by atoms with Gasteiger partial charge in [0.15, 0.2) is 0 Å². The second-order valence-corrected chi connectivity index (χ2v) is 7.59. The number of nitrogens with zero attached hydrogens (tertiary/aromatic N) is 1. The van der Waals surface area contributed by atoms with Gasteiger partial charge in [-0.25, -0.2) is 4.79 Å². The van der Waals surface area contributed by atoms with Crippen molar-refractivity contribution >= 4 is 17.8 Å². The number of amides is 4. The normalized spacial score (nSPS) is 20.1. The summed E-state index contributed by atoms with van der Waals surface area (Å²) in [5.74, 6) is 0.183. The molecule has 1 aromatic rings. The van der Waals surface area contributed by atoms with Gasteiger partial charge in [-0.1, -0.05) is 18.9 Å². The SMILES string of the molecule is O=C(CN1C(=O)NC2(CCCC2)C1=O)NCCOc1ccc2c(c1)CCC2. The highest BCUT2D eigenvalue weighted by Gasteiger charge is 2.52. The van der Waals surface area contributed by atoms with Crippen molar-refractivity contribution in [1.82, 2.24) is 15.5 Å². The Hall–Kier alpha value is -2.57. The summed E-state index contributed by atoms with van der Waals surface area (Å²) in [5.41, 5.74) is 1.97. The van der Waals surface area contributed by atoms with Gasteiger partial charge in [0.05, 0.1) is 6.54 Å². The molecule has 4 rings (SSSR count). The van der Waals surface area contributed by atoms with Crippen molar-refractivity contribution in [2.24, 2.45) is 0 Å². The van der Waals surface area contributed by atoms with Gasteiger partial charge in [0.2, 0.25) is 5.91 Å². The van der Waals surface area contributed by atoms with Gasteiger partial charge >= 0.3 is 6.03 Å². The smallest absolute Gasteiger partial charge is 0.325 e. The van der Waals surface area contributed by atoms with Crippen LogP contribution in [0.2, 0.25) is 0 Å². The van der Waals surface area contributed by atoms with Crippen LogP contribution in [0.5, 0.6) is 5.75 Å². The minimum Gasteiger partial charge on any atom is -0.492 e. The highest BCUT2D eigenvalue weighted by molar-refractivity contribution is 6.09. The minimum atomic E-state index is -0.770. The Labute approximate surface area is 158 Å². The van der Waals surface area contributed by atoms with Gasteiger partial charge in [-0.2, -0.15) is 0 Å². The Morgan fingerprint density at radius 1 is 1.15 bits per heavy atom. The first-order chi connectivity index (χ1) is 13.1. The van der Waals surface area contributed by atoms with Crippen LogP contribution in [0.4, 0.5) is 4.79 Å². The fourth-order valence-electron chi connectivity index (χ4n) is 4.33. The molecule has 0 bridgehead atoms. The molecule has 1 saturated heterocycles. The Morgan fingerprint density at radius 3 is 2.74 bits per heavy atom. The van der Waals surface area contributed by atoms with Crippen LogP contribution >= 0.6 is 0 Å². The monoisotopic (exact) mass is 371 g/mol. The molecular weight excluding hydrogens is 346 g/mol. The van der Waals surface area contributed by atoms with E-state index in [-0.39, 0.29) is 18.4 Å². The average molecular weight is 371 g/mol. The standard InChI is InChI=1S/C20H25N3O4/c24-17(13-23-18(25)20(22-19(23)26)8-1-2-9-20)21-10-11-27-16-7-6-14-4-3-5-15(14)12-16/h6-7,12H,1-5,8-11,13H2,(H,21,24)(H,22,26). The van der Waals surface area contributed by atoms with E-state index in [9.17, 15) is 14.4 Å². The molecule has 2 fully saturated rings. The largest absolute Gasteiger partial charge is 0.492 e. The lowest BCUT2D eigenvalue weighted by Crippen LogP contribution is -2.45. The van der Waals surface area contributed by atoms with Crippen LogP contribution in [0.1, 0.15) is 43.2 Å². The fourth-order valence-corrected chi connectivity index (χ4v) is 4.33. The van der Waals surface area contributed by atoms with E-state index in [4.69, 9.17) is 4.74 Å². The third-order valence-electron chi connectivity index (χ3n) is 5.77. The number of fused-ring (bicyclic) bond motifs is 1. The van der Waals surface area contributed by atoms with Crippen molar-refractivity contribution in [3.63, 3.8) is 0 Å². The van der Waals surface area contributed by atoms with Gasteiger partial charge in [0.1, 0.15) is 24.4 Å². The van der Waals surface area contributed by atoms with Crippen LogP contribution in [-0.4, -0.2) is 48.0 Å². The number of hydrogen-bond acceptors (Lipinski definition) is 4. The fraction of sp³-hybridized carbons (Fsp3) is 0.550. The highest BCUT2D eigenvalue weighted by Crippen LogP contribution is 2.34. The van der Waals surface area contributed by atoms with E-state index in [2.05, 4.69) is 22.8 Å². The predicted octanol–water partition coefficient (Wildman–Crippen LogP) is 1.53. The maximum absolute atomic E-state index is 12.5. The molecule has 27 heavy (non-hydrogen) atoms. The van der Waals surface area contributed by atoms with Crippen LogP contribution in [0.25, 0.3) is 0 Å². The van der Waals surface area contributed by atoms with E-state index in [1.165, 1.54) is 17.5 Å². The predicted molar refractivity (Wildman–Crippen MR) is 98.4 cm³/mol. The van der Waals surface area contributed by atoms with Crippen molar-refractivity contribution in [1.29, 1.82) is 0 Å². The van der Waals surface area contributed by atoms with Crippen molar-refractivity contribution < 1.29 is 19.1 Å². The summed E-state index contributed by atoms with van der Waals surface area (Å²) < 4.78 is 5.70. The Kier molecular flexibility index (Phi) is 4.76. The zero-order chi connectivity index (χ0) is 18.9. The molecule has 1 aliphatic heterocycles. The van der Waals surface area contributed by atoms with E-state index in [1.54, 1.807) is 0 Å². The van der Waals surface area contributed by atoms with Crippen LogP contribution in [0.15, 0.2) is 18.2 Å². The van der Waals surface area contributed by atoms with E-state index >= 15 is 0 Å². The molecule has 7 nitrogen and oxygen atoms in total. The van der Waals surface area contributed by atoms with Crippen LogP contribution in [-0.2, 0) is 22.4 Å². The molecule has 1 aromatic carbocycles. The van der Waals surface area contributed by atoms with E-state index in [1.807, 2.05) is 6.07 Å². The molecule has 3 aliphatic rings. The summed E-state index contributed by atoms with van der Waals surface area (Å²) in [4.78, 5) is 37.7. The van der Waals surface area contributed by atoms with Crippen LogP contribution in [0.3, 0.4) is 0 Å². The summed E-state index contributed by atoms with van der Waals surface area (Å²) in [6.45, 7) is 0.421. The first-order valence-electron chi connectivity index (χ1n) is 9.73. The molecule has 1 heterocycles. The van der Waals surface area contributed by atoms with Crippen LogP contribution in [0, 0.1) is 0 Å². The lowest BCUT2D eigenvalue weighted by atomic mass is 9.98. The third-order valence-corrected chi connectivity index (χ3v) is 5.77. The maximum Gasteiger partial charge on any atom is 0.325 e. The van der Waals surface area contributed by atoms with E-state index in [0.717, 1.165) is 36.3 Å². The van der Waals surface area contributed by atoms with E-state index in [0.29, 0.717) is 26.0 Å². The van der Waals surface area contributed by atoms with Crippen molar-refractivity contribution in [2.45, 2.75) is 50.5 Å². The van der Waals surface area contributed by atoms with Crippen molar-refractivity contribution in [3.05, 3.63) is 29.3 Å². The highest BCUT2D eigenvalue weighted by atomic mass is 16.5. The van der Waals surface area contributed by atoms with Crippen LogP contribution < -0.4 is 15.4 Å². The summed E-state index contributed by atoms with van der Waals surface area (Å²) in [5, 5.41) is 5.49. The minimum absolute atomic E-state index is 0.245. The molecule has 2 N–H and O–H groups in total. The van der Waals surface area contributed by atoms with Gasteiger partial charge in [-0.3, -0.25) is 14.5 Å². The number of carbonyl (C=O) groups is 3. The molecule has 0 radical (unpaired) electrons. The molecule has 1 saturated carbocycles. The van der Waals surface area contributed by atoms with Gasteiger partial charge < -0.3 is 15.4 Å². The molecular formula is C20H25N3O4. The number of hydrogen-bond donors (Lipinski definition) is 2. The number of urea groups is 1. The molecule has 144 valence electrons. The number of carbonyl (C=O) groups excluding carboxylic acids is 3. The lowest BCUT2D eigenvalue weighted by Gasteiger charge is -2.19. The molecule has 2 aliphatic carbocycles. The number of aryl methyl sites for hydroxylation is 2. The molecule has 0 aromatic heterocycles. The topological polar surface area (TPSA) is 87.7 Å². The molecule has 0 unspecified atom stereocenters. The number of nitrogens with one attached hydrogen (secondary N) is 2. The second kappa shape index (κ2) is 7.21. The Balaban J connectivity index is 1.22. The van der Waals surface area contributed by atoms with Gasteiger partial charge in [-0.05, 0) is 55.4 Å². The van der Waals surface area contributed by atoms with Crippen molar-refractivity contribution in [3.8, 4) is 5.75 Å². The first-order valence-corrected chi connectivity index (χ1v) is 9.73. The van der Waals surface area contributed by atoms with Gasteiger partial charge in [0.25, 0.3) is 5.91 Å². The summed E-state index contributed by atoms with van der Waals surface area (Å²) in [6.07, 6.45) is 6.58. The number of imide groups is 1. The van der Waals surface area contributed by atoms with E-state index < -0.39 is 11.6 Å². The Bertz CT molecular complexity index is 770. The zero-order valence-corrected chi connectivity index (χ0v) is 15.4. The lowest BCUT2D eigenvalue weighted by molar-refractivity contribution is -0.134. The summed E-state index contributed by atoms with van der Waals surface area (Å²) >= 11 is 0. The van der Waals surface area contributed by atoms with Gasteiger partial charge in [0, 0.05) is 0 Å². The molecule has 1 spiro atoms. The Morgan fingerprint density at radius 2 is 1.93 bits per heavy atom. The molecule has 7 heteroatoms. The average Bonchev–Trinajstić information content (AvgIpc) is 3.36. The van der Waals surface area contributed by atoms with Gasteiger partial charge in [-0.15, -0.1) is 0 Å². The second-order valence-electron chi connectivity index (χ2n) is 7.59. The first kappa shape index (κ1) is 17.8. The number of ether oxygens (including phenoxy) is 1. The zero-order valence-electron chi connectivity index (χ0n) is 15.4. The summed E-state index contributed by atoms with van der Waals surface area (Å²) in [7, 11) is 0. The molecule has 4 amide bonds. The quantitative estimate of drug-likeness (QED) is 0.586. The molecule has 0 atom stereocenters. The number of benzene rings is 1. The van der Waals surface area contributed by atoms with Crippen molar-refractivity contribution in [2.75, 3.05) is 19.7 Å². The number of rotatable bonds is 6. The summed E-state index contributed by atoms with van der Waals surface area (Å²) in [6, 6.07) is 5.66. The third kappa shape index (κ3) is 3.50.